The van der Waals surface area contributed by atoms with Crippen molar-refractivity contribution in [3.8, 4) is 0 Å². The molecule has 1 unspecified atom stereocenters. The van der Waals surface area contributed by atoms with E-state index >= 15 is 0 Å². The van der Waals surface area contributed by atoms with Crippen LogP contribution in [0.1, 0.15) is 213 Å². The summed E-state index contributed by atoms with van der Waals surface area (Å²) < 4.78 is 26.4. The topological polar surface area (TPSA) is 119 Å². The normalized spacial score (nSPS) is 12.9. The van der Waals surface area contributed by atoms with Crippen molar-refractivity contribution in [2.45, 2.75) is 219 Å². The molecule has 8 nitrogen and oxygen atoms in total. The van der Waals surface area contributed by atoms with Crippen LogP contribution in [0, 0.1) is 0 Å². The van der Waals surface area contributed by atoms with Crippen LogP contribution in [0.4, 0.5) is 0 Å². The number of ether oxygens (including phenoxy) is 2. The molecule has 0 saturated carbocycles. The van der Waals surface area contributed by atoms with Crippen molar-refractivity contribution in [2.75, 3.05) is 13.2 Å². The molecule has 2 N–H and O–H groups in total. The van der Waals surface area contributed by atoms with Crippen LogP contribution in [0.25, 0.3) is 0 Å². The van der Waals surface area contributed by atoms with E-state index in [1.54, 1.807) is 0 Å². The lowest BCUT2D eigenvalue weighted by atomic mass is 10.0. The third-order valence-corrected chi connectivity index (χ3v) is 10.1. The molecule has 0 rings (SSSR count). The van der Waals surface area contributed by atoms with Gasteiger partial charge in [0.1, 0.15) is 6.61 Å². The van der Waals surface area contributed by atoms with E-state index in [0.717, 1.165) is 57.8 Å². The number of rotatable bonds is 41. The Hall–Kier alpha value is -1.99. The Balaban J connectivity index is 3.87. The van der Waals surface area contributed by atoms with Crippen LogP contribution in [0.2, 0.25) is 0 Å². The van der Waals surface area contributed by atoms with Gasteiger partial charge < -0.3 is 19.3 Å². The van der Waals surface area contributed by atoms with Gasteiger partial charge in [0, 0.05) is 12.8 Å². The first-order valence-electron chi connectivity index (χ1n) is 22.4. The second-order valence-corrected chi connectivity index (χ2v) is 16.2. The molecular weight excluding hydrogens is 711 g/mol. The Morgan fingerprint density at radius 2 is 0.873 bits per heavy atom. The lowest BCUT2D eigenvalue weighted by Crippen LogP contribution is -2.29. The van der Waals surface area contributed by atoms with Crippen LogP contribution < -0.4 is 0 Å². The van der Waals surface area contributed by atoms with Crippen molar-refractivity contribution in [2.24, 2.45) is 0 Å². The average molecular weight is 795 g/mol. The molecule has 0 aliphatic heterocycles. The molecule has 0 aliphatic rings. The van der Waals surface area contributed by atoms with Crippen LogP contribution in [-0.4, -0.2) is 41.0 Å². The Morgan fingerprint density at radius 1 is 0.491 bits per heavy atom. The van der Waals surface area contributed by atoms with E-state index in [0.29, 0.717) is 6.42 Å². The first kappa shape index (κ1) is 53.0. The molecule has 0 aliphatic carbocycles. The fraction of sp³-hybridized carbons (Fsp3) is 0.783. The lowest BCUT2D eigenvalue weighted by Gasteiger charge is -2.18. The summed E-state index contributed by atoms with van der Waals surface area (Å²) in [7, 11) is -4.77. The van der Waals surface area contributed by atoms with Crippen LogP contribution in [0.5, 0.6) is 0 Å². The zero-order valence-corrected chi connectivity index (χ0v) is 36.2. The minimum atomic E-state index is -4.77. The van der Waals surface area contributed by atoms with Crippen molar-refractivity contribution in [1.82, 2.24) is 0 Å². The number of phosphoric acid groups is 1. The highest BCUT2D eigenvalue weighted by molar-refractivity contribution is 7.46. The van der Waals surface area contributed by atoms with Crippen LogP contribution >= 0.6 is 7.82 Å². The van der Waals surface area contributed by atoms with Gasteiger partial charge in [-0.25, -0.2) is 4.57 Å². The van der Waals surface area contributed by atoms with Gasteiger partial charge in [-0.15, -0.1) is 0 Å². The predicted molar refractivity (Wildman–Crippen MR) is 230 cm³/mol. The van der Waals surface area contributed by atoms with Gasteiger partial charge in [0.05, 0.1) is 6.61 Å². The number of esters is 2. The van der Waals surface area contributed by atoms with Crippen molar-refractivity contribution < 1.29 is 37.9 Å². The molecule has 55 heavy (non-hydrogen) atoms. The van der Waals surface area contributed by atoms with E-state index in [1.807, 2.05) is 0 Å². The Labute approximate surface area is 337 Å². The van der Waals surface area contributed by atoms with Gasteiger partial charge in [-0.05, 0) is 51.4 Å². The van der Waals surface area contributed by atoms with Crippen molar-refractivity contribution in [1.29, 1.82) is 0 Å². The Morgan fingerprint density at radius 3 is 1.31 bits per heavy atom. The summed E-state index contributed by atoms with van der Waals surface area (Å²) in [5.41, 5.74) is 0. The van der Waals surface area contributed by atoms with E-state index in [1.165, 1.54) is 122 Å². The lowest BCUT2D eigenvalue weighted by molar-refractivity contribution is -0.161. The van der Waals surface area contributed by atoms with E-state index in [4.69, 9.17) is 19.3 Å². The summed E-state index contributed by atoms with van der Waals surface area (Å²) in [6.07, 6.45) is 51.4. The predicted octanol–water partition coefficient (Wildman–Crippen LogP) is 13.9. The van der Waals surface area contributed by atoms with Gasteiger partial charge in [-0.1, -0.05) is 197 Å². The van der Waals surface area contributed by atoms with Gasteiger partial charge in [0.2, 0.25) is 0 Å². The third-order valence-electron chi connectivity index (χ3n) is 9.61. The summed E-state index contributed by atoms with van der Waals surface area (Å²) >= 11 is 0. The molecule has 0 aromatic carbocycles. The molecule has 320 valence electrons. The van der Waals surface area contributed by atoms with Crippen LogP contribution in [0.15, 0.2) is 48.6 Å². The molecule has 0 radical (unpaired) electrons. The van der Waals surface area contributed by atoms with Gasteiger partial charge in [-0.2, -0.15) is 0 Å². The highest BCUT2D eigenvalue weighted by Gasteiger charge is 2.22. The summed E-state index contributed by atoms with van der Waals surface area (Å²) in [5, 5.41) is 0. The van der Waals surface area contributed by atoms with Crippen molar-refractivity contribution in [3.63, 3.8) is 0 Å². The monoisotopic (exact) mass is 795 g/mol. The van der Waals surface area contributed by atoms with E-state index in [-0.39, 0.29) is 19.4 Å². The molecular formula is C46H83O8P. The van der Waals surface area contributed by atoms with E-state index in [9.17, 15) is 14.2 Å². The maximum absolute atomic E-state index is 12.4. The van der Waals surface area contributed by atoms with Crippen LogP contribution in [0.3, 0.4) is 0 Å². The number of phosphoric ester groups is 1. The molecule has 0 spiro atoms. The van der Waals surface area contributed by atoms with Crippen molar-refractivity contribution in [3.05, 3.63) is 48.6 Å². The van der Waals surface area contributed by atoms with E-state index in [2.05, 4.69) is 67.0 Å². The molecule has 9 heteroatoms. The molecule has 0 fully saturated rings. The average Bonchev–Trinajstić information content (AvgIpc) is 3.16. The highest BCUT2D eigenvalue weighted by Crippen LogP contribution is 2.36. The molecule has 0 saturated heterocycles. The minimum Gasteiger partial charge on any atom is -0.462 e. The second-order valence-electron chi connectivity index (χ2n) is 15.0. The number of carbonyl (C=O) groups is 2. The smallest absolute Gasteiger partial charge is 0.462 e. The number of unbranched alkanes of at least 4 members (excludes halogenated alkanes) is 23. The fourth-order valence-electron chi connectivity index (χ4n) is 6.31. The summed E-state index contributed by atoms with van der Waals surface area (Å²) in [6.45, 7) is 3.56. The Bertz CT molecular complexity index is 1030. The standard InChI is InChI=1S/C46H83O8P/c1-3-5-7-9-11-13-15-17-19-20-21-22-23-24-25-27-28-30-32-34-36-38-40-45(47)52-42-44(43-53-55(49,50)51)54-46(48)41-39-37-35-33-31-29-26-18-16-14-12-10-8-6-4-2/h6,8,12,14,18,26,31,33,44H,3-5,7,9-11,13,15-17,19-25,27-30,32,34-43H2,1-2H3,(H2,49,50,51)/b8-6-,14-12-,26-18-,33-31-. The third kappa shape index (κ3) is 44.6. The minimum absolute atomic E-state index is 0.160. The van der Waals surface area contributed by atoms with Gasteiger partial charge in [0.15, 0.2) is 6.10 Å². The molecule has 0 bridgehead atoms. The quantitative estimate of drug-likeness (QED) is 0.0272. The SMILES string of the molecule is CC/C=C\C/C=C\C/C=C\C/C=C\CCCCC(=O)OC(COC(=O)CCCCCCCCCCCCCCCCCCCCCCCC)COP(=O)(O)O. The summed E-state index contributed by atoms with van der Waals surface area (Å²) in [5.74, 6) is -0.927. The molecule has 0 aromatic heterocycles. The Kier molecular flexibility index (Phi) is 40.1. The maximum Gasteiger partial charge on any atom is 0.469 e. The second kappa shape index (κ2) is 41.6. The number of allylic oxidation sites excluding steroid dienone is 8. The maximum atomic E-state index is 12.4. The first-order valence-corrected chi connectivity index (χ1v) is 24.0. The number of hydrogen-bond donors (Lipinski definition) is 2. The largest absolute Gasteiger partial charge is 0.469 e. The zero-order valence-electron chi connectivity index (χ0n) is 35.3. The van der Waals surface area contributed by atoms with Gasteiger partial charge in [-0.3, -0.25) is 14.1 Å². The van der Waals surface area contributed by atoms with Crippen LogP contribution in [-0.2, 0) is 28.2 Å². The fourth-order valence-corrected chi connectivity index (χ4v) is 6.67. The number of carbonyl (C=O) groups excluding carboxylic acids is 2. The van der Waals surface area contributed by atoms with Crippen molar-refractivity contribution >= 4 is 19.8 Å². The van der Waals surface area contributed by atoms with E-state index < -0.39 is 32.5 Å². The van der Waals surface area contributed by atoms with Gasteiger partial charge in [0.25, 0.3) is 0 Å². The molecule has 0 amide bonds. The number of hydrogen-bond acceptors (Lipinski definition) is 6. The summed E-state index contributed by atoms with van der Waals surface area (Å²) in [4.78, 5) is 42.9. The molecule has 1 atom stereocenters. The summed E-state index contributed by atoms with van der Waals surface area (Å²) in [6, 6.07) is 0. The van der Waals surface area contributed by atoms with Gasteiger partial charge >= 0.3 is 19.8 Å². The first-order chi connectivity index (χ1) is 26.8. The molecule has 0 aromatic rings. The highest BCUT2D eigenvalue weighted by atomic mass is 31.2. The molecule has 0 heterocycles. The zero-order chi connectivity index (χ0) is 40.3.